The molecule has 0 fully saturated rings. The van der Waals surface area contributed by atoms with E-state index < -0.39 is 39.1 Å². The number of hydrogen-bond donors (Lipinski definition) is 1. The molecule has 0 aromatic heterocycles. The largest absolute Gasteiger partial charge is 1.00 e. The molecule has 0 spiro atoms. The summed E-state index contributed by atoms with van der Waals surface area (Å²) in [5, 5.41) is 0. The van der Waals surface area contributed by atoms with E-state index in [2.05, 4.69) is 76.6 Å². The Labute approximate surface area is 311 Å². The van der Waals surface area contributed by atoms with E-state index in [9.17, 15) is 23.9 Å². The minimum Gasteiger partial charge on any atom is -0.790 e. The van der Waals surface area contributed by atoms with Crippen molar-refractivity contribution in [1.82, 2.24) is 6.15 Å². The van der Waals surface area contributed by atoms with Crippen LogP contribution in [-0.2, 0) is 28.2 Å². The molecule has 0 radical (unpaired) electrons. The van der Waals surface area contributed by atoms with Crippen LogP contribution in [0.5, 0.6) is 0 Å². The van der Waals surface area contributed by atoms with E-state index in [0.29, 0.717) is 6.42 Å². The van der Waals surface area contributed by atoms with Gasteiger partial charge in [-0.15, -0.1) is 6.42 Å². The summed E-state index contributed by atoms with van der Waals surface area (Å²) in [5.74, 6) is 23.5. The number of esters is 2. The molecule has 0 unspecified atom stereocenters. The maximum atomic E-state index is 12.1. The smallest absolute Gasteiger partial charge is 0.790 e. The Morgan fingerprint density at radius 3 is 1.69 bits per heavy atom. The van der Waals surface area contributed by atoms with Crippen LogP contribution in [0.25, 0.3) is 0 Å². The Morgan fingerprint density at radius 2 is 1.21 bits per heavy atom. The summed E-state index contributed by atoms with van der Waals surface area (Å²) >= 11 is 0. The van der Waals surface area contributed by atoms with Gasteiger partial charge in [-0.3, -0.25) is 4.79 Å². The predicted octanol–water partition coefficient (Wildman–Crippen LogP) is -0.486. The Kier molecular flexibility index (Phi) is 38.1. The maximum Gasteiger partial charge on any atom is 1.00 e. The molecule has 238 valence electrons. The molecule has 0 bridgehead atoms. The quantitative estimate of drug-likeness (QED) is 0.0523. The number of unbranched alkanes of at least 4 members (excludes halogenated alkanes) is 10. The summed E-state index contributed by atoms with van der Waals surface area (Å²) in [6.45, 7) is 0.861. The van der Waals surface area contributed by atoms with Crippen molar-refractivity contribution in [3.05, 3.63) is 0 Å². The van der Waals surface area contributed by atoms with Gasteiger partial charge < -0.3 is 34.5 Å². The van der Waals surface area contributed by atoms with Gasteiger partial charge in [0, 0.05) is 28.0 Å². The molecule has 0 saturated heterocycles. The van der Waals surface area contributed by atoms with Crippen molar-refractivity contribution in [2.45, 2.75) is 90.1 Å². The van der Waals surface area contributed by atoms with Gasteiger partial charge in [0.25, 0.3) is 0 Å². The molecule has 0 aromatic carbocycles. The first-order valence-electron chi connectivity index (χ1n) is 12.8. The first kappa shape index (κ1) is 47.3. The molecule has 0 aromatic rings. The zero-order valence-corrected chi connectivity index (χ0v) is 29.9. The summed E-state index contributed by atoms with van der Waals surface area (Å²) in [7, 11) is -5.31. The van der Waals surface area contributed by atoms with Crippen molar-refractivity contribution < 1.29 is 113 Å². The summed E-state index contributed by atoms with van der Waals surface area (Å²) < 4.78 is 24.9. The zero-order valence-electron chi connectivity index (χ0n) is 25.0. The molecular formula is C30H58NNa2O8P. The van der Waals surface area contributed by atoms with Crippen LogP contribution in [0.15, 0.2) is 0 Å². The standard InChI is InChI=1S/C30H35O8P.H3N.2Na.11H2/c1-3-5-7-9-11-13-15-17-19-21-23-25-30(32)38-28(27-37-39(33,34)35)26-36-29(31)24-22-20-18-16-14-12-10-8-6-4-2;;;;;;;;;;;;;;/h2,28H,3,5,7,9,11,13,15,17,19,21,23,25-27H2,1H3,(H2,33,34,35);1H3;;;11*1H/q;;2*+1;;;;;;;;;;;/p-2/t28-;;;;;;;;;;;;;;/m1............../s1. The number of ether oxygens (including phenoxy) is 2. The van der Waals surface area contributed by atoms with Crippen LogP contribution in [0.1, 0.15) is 99.7 Å². The van der Waals surface area contributed by atoms with Crippen molar-refractivity contribution in [2.75, 3.05) is 13.2 Å². The summed E-state index contributed by atoms with van der Waals surface area (Å²) in [5.41, 5.74) is 0. The molecular weight excluding hydrogens is 579 g/mol. The van der Waals surface area contributed by atoms with Crippen LogP contribution in [0, 0.1) is 71.5 Å². The Bertz CT molecular complexity index is 1210. The van der Waals surface area contributed by atoms with E-state index in [-0.39, 0.29) is 87.4 Å². The van der Waals surface area contributed by atoms with E-state index in [4.69, 9.17) is 15.9 Å². The average molecular weight is 638 g/mol. The van der Waals surface area contributed by atoms with Crippen LogP contribution < -0.4 is 75.1 Å². The van der Waals surface area contributed by atoms with Crippen molar-refractivity contribution in [2.24, 2.45) is 0 Å². The van der Waals surface area contributed by atoms with Crippen LogP contribution in [0.3, 0.4) is 0 Å². The van der Waals surface area contributed by atoms with E-state index in [1.165, 1.54) is 44.9 Å². The Hall–Kier alpha value is -1.63. The number of carbonyl (C=O) groups excluding carboxylic acids is 2. The molecule has 0 aliphatic rings. The van der Waals surface area contributed by atoms with Gasteiger partial charge in [-0.2, -0.15) is 0 Å². The third-order valence-electron chi connectivity index (χ3n) is 4.84. The normalized spacial score (nSPS) is 9.38. The summed E-state index contributed by atoms with van der Waals surface area (Å²) in [4.78, 5) is 45.4. The number of terminal acetylenes is 1. The molecule has 0 aliphatic carbocycles. The fraction of sp³-hybridized carbons (Fsp3) is 0.533. The molecule has 3 N–H and O–H groups in total. The topological polar surface area (TPSA) is 160 Å². The monoisotopic (exact) mass is 637 g/mol. The fourth-order valence-electron chi connectivity index (χ4n) is 3.01. The number of phosphoric ester groups is 1. The SMILES string of the molecule is C#CC#CC#CC#CC#CC#CC(=O)OC[C@H](COP(=O)([O-])[O-])OC(=O)CCCCCCCCCCCCC.N.[HH].[HH].[HH].[HH].[HH].[HH].[HH].[HH].[HH].[HH].[HH].[Na+].[Na+]. The van der Waals surface area contributed by atoms with Gasteiger partial charge in [0.15, 0.2) is 6.10 Å². The molecule has 0 amide bonds. The molecule has 42 heavy (non-hydrogen) atoms. The van der Waals surface area contributed by atoms with E-state index in [1.54, 1.807) is 0 Å². The first-order valence-corrected chi connectivity index (χ1v) is 14.2. The van der Waals surface area contributed by atoms with Gasteiger partial charge in [0.05, 0.1) is 14.4 Å². The van der Waals surface area contributed by atoms with Crippen LogP contribution in [0.2, 0.25) is 0 Å². The van der Waals surface area contributed by atoms with Crippen LogP contribution in [0.4, 0.5) is 0 Å². The Balaban J connectivity index is -0.0000000793. The van der Waals surface area contributed by atoms with Gasteiger partial charge in [0.2, 0.25) is 0 Å². The van der Waals surface area contributed by atoms with Crippen molar-refractivity contribution in [3.63, 3.8) is 0 Å². The molecule has 0 rings (SSSR count). The minimum atomic E-state index is -5.31. The number of phosphoric acid groups is 1. The number of carbonyl (C=O) groups is 2. The second kappa shape index (κ2) is 33.9. The second-order valence-corrected chi connectivity index (χ2v) is 9.29. The molecule has 0 saturated carbocycles. The van der Waals surface area contributed by atoms with Gasteiger partial charge in [-0.1, -0.05) is 71.1 Å². The first-order chi connectivity index (χ1) is 18.8. The molecule has 0 heterocycles. The fourth-order valence-corrected chi connectivity index (χ4v) is 3.36. The van der Waals surface area contributed by atoms with Crippen molar-refractivity contribution in [3.8, 4) is 71.5 Å². The molecule has 9 nitrogen and oxygen atoms in total. The second-order valence-electron chi connectivity index (χ2n) is 8.13. The minimum absolute atomic E-state index is 0. The van der Waals surface area contributed by atoms with Gasteiger partial charge in [0.1, 0.15) is 6.61 Å². The maximum absolute atomic E-state index is 12.1. The van der Waals surface area contributed by atoms with Gasteiger partial charge in [-0.25, -0.2) is 4.79 Å². The third-order valence-corrected chi connectivity index (χ3v) is 5.30. The average Bonchev–Trinajstić information content (AvgIpc) is 2.89. The van der Waals surface area contributed by atoms with Crippen molar-refractivity contribution in [1.29, 1.82) is 0 Å². The zero-order chi connectivity index (χ0) is 29.0. The van der Waals surface area contributed by atoms with E-state index in [0.717, 1.165) is 19.3 Å². The van der Waals surface area contributed by atoms with Crippen molar-refractivity contribution >= 4 is 19.8 Å². The number of hydrogen-bond acceptors (Lipinski definition) is 9. The molecule has 1 atom stereocenters. The van der Waals surface area contributed by atoms with Gasteiger partial charge in [-0.05, 0) is 65.6 Å². The van der Waals surface area contributed by atoms with Gasteiger partial charge >= 0.3 is 71.1 Å². The van der Waals surface area contributed by atoms with E-state index in [1.807, 2.05) is 0 Å². The van der Waals surface area contributed by atoms with Crippen LogP contribution >= 0.6 is 7.82 Å². The summed E-state index contributed by atoms with van der Waals surface area (Å²) in [6.07, 6.45) is 16.1. The predicted molar refractivity (Wildman–Crippen MR) is 171 cm³/mol. The van der Waals surface area contributed by atoms with Crippen LogP contribution in [-0.4, -0.2) is 31.3 Å². The van der Waals surface area contributed by atoms with E-state index >= 15 is 0 Å². The summed E-state index contributed by atoms with van der Waals surface area (Å²) in [6, 6.07) is 0. The molecule has 0 aliphatic heterocycles. The Morgan fingerprint density at radius 1 is 0.762 bits per heavy atom. The number of rotatable bonds is 18. The molecule has 12 heteroatoms. The third kappa shape index (κ3) is 36.4.